The fourth-order valence-electron chi connectivity index (χ4n) is 3.95. The molecular weight excluding hydrogens is 412 g/mol. The van der Waals surface area contributed by atoms with Gasteiger partial charge in [-0.25, -0.2) is 9.97 Å². The predicted octanol–water partition coefficient (Wildman–Crippen LogP) is 2.83. The van der Waals surface area contributed by atoms with Crippen molar-refractivity contribution in [2.75, 3.05) is 55.5 Å². The number of piperazine rings is 1. The van der Waals surface area contributed by atoms with E-state index in [1.807, 2.05) is 6.07 Å². The molecule has 2 aliphatic heterocycles. The first kappa shape index (κ1) is 19.9. The van der Waals surface area contributed by atoms with Crippen molar-refractivity contribution >= 4 is 28.7 Å². The summed E-state index contributed by atoms with van der Waals surface area (Å²) in [6, 6.07) is 10.4. The summed E-state index contributed by atoms with van der Waals surface area (Å²) in [5.74, 6) is 3.19. The van der Waals surface area contributed by atoms with Gasteiger partial charge in [-0.2, -0.15) is 0 Å². The molecule has 5 rings (SSSR count). The summed E-state index contributed by atoms with van der Waals surface area (Å²) >= 11 is 1.76. The van der Waals surface area contributed by atoms with E-state index >= 15 is 0 Å². The van der Waals surface area contributed by atoms with Crippen molar-refractivity contribution in [3.8, 4) is 11.5 Å². The minimum atomic E-state index is 0.308. The number of rotatable bonds is 7. The van der Waals surface area contributed by atoms with E-state index in [0.29, 0.717) is 18.3 Å². The maximum Gasteiger partial charge on any atom is 0.231 e. The number of nitrogen functional groups attached to an aromatic ring is 1. The molecule has 31 heavy (non-hydrogen) atoms. The van der Waals surface area contributed by atoms with Gasteiger partial charge in [0.05, 0.1) is 0 Å². The monoisotopic (exact) mass is 438 g/mol. The molecule has 9 heteroatoms. The summed E-state index contributed by atoms with van der Waals surface area (Å²) in [7, 11) is 0. The Kier molecular flexibility index (Phi) is 5.77. The lowest BCUT2D eigenvalue weighted by atomic mass is 10.1. The van der Waals surface area contributed by atoms with Gasteiger partial charge in [0.25, 0.3) is 0 Å². The van der Waals surface area contributed by atoms with Crippen molar-refractivity contribution < 1.29 is 9.47 Å². The number of thiophene rings is 1. The van der Waals surface area contributed by atoms with E-state index in [9.17, 15) is 0 Å². The zero-order valence-corrected chi connectivity index (χ0v) is 18.1. The van der Waals surface area contributed by atoms with Gasteiger partial charge < -0.3 is 25.4 Å². The molecule has 0 amide bonds. The molecule has 0 atom stereocenters. The molecule has 2 aromatic heterocycles. The van der Waals surface area contributed by atoms with Crippen molar-refractivity contribution in [3.05, 3.63) is 52.5 Å². The van der Waals surface area contributed by atoms with E-state index in [4.69, 9.17) is 15.2 Å². The molecule has 8 nitrogen and oxygen atoms in total. The number of anilines is 3. The van der Waals surface area contributed by atoms with Crippen LogP contribution < -0.4 is 25.4 Å². The van der Waals surface area contributed by atoms with Crippen LogP contribution in [0.2, 0.25) is 0 Å². The van der Waals surface area contributed by atoms with E-state index in [-0.39, 0.29) is 0 Å². The highest BCUT2D eigenvalue weighted by Crippen LogP contribution is 2.33. The first-order valence-electron chi connectivity index (χ1n) is 10.5. The second kappa shape index (κ2) is 8.99. The largest absolute Gasteiger partial charge is 0.454 e. The second-order valence-electron chi connectivity index (χ2n) is 7.67. The van der Waals surface area contributed by atoms with Gasteiger partial charge in [-0.3, -0.25) is 4.90 Å². The zero-order valence-electron chi connectivity index (χ0n) is 17.3. The summed E-state index contributed by atoms with van der Waals surface area (Å²) in [6.45, 7) is 5.63. The number of hydrogen-bond donors (Lipinski definition) is 2. The van der Waals surface area contributed by atoms with Crippen molar-refractivity contribution in [3.63, 3.8) is 0 Å². The highest BCUT2D eigenvalue weighted by atomic mass is 32.1. The number of benzene rings is 1. The highest BCUT2D eigenvalue weighted by Gasteiger charge is 2.22. The molecule has 1 fully saturated rings. The molecule has 0 saturated carbocycles. The van der Waals surface area contributed by atoms with Crippen LogP contribution in [0, 0.1) is 0 Å². The van der Waals surface area contributed by atoms with E-state index in [1.165, 1.54) is 10.4 Å². The molecule has 0 aliphatic carbocycles. The molecule has 0 radical (unpaired) electrons. The molecule has 1 aromatic carbocycles. The molecule has 3 N–H and O–H groups in total. The van der Waals surface area contributed by atoms with E-state index < -0.39 is 0 Å². The maximum atomic E-state index is 6.42. The third-order valence-corrected chi connectivity index (χ3v) is 6.56. The lowest BCUT2D eigenvalue weighted by molar-refractivity contribution is 0.174. The normalized spacial score (nSPS) is 15.9. The average Bonchev–Trinajstić information content (AvgIpc) is 3.47. The topological polar surface area (TPSA) is 88.8 Å². The molecule has 0 spiro atoms. The molecule has 0 unspecified atom stereocenters. The fraction of sp³-hybridized carbons (Fsp3) is 0.364. The summed E-state index contributed by atoms with van der Waals surface area (Å²) in [5, 5.41) is 5.46. The Morgan fingerprint density at radius 3 is 2.77 bits per heavy atom. The van der Waals surface area contributed by atoms with Crippen LogP contribution in [0.4, 0.5) is 17.3 Å². The number of fused-ring (bicyclic) bond motifs is 1. The molecule has 4 heterocycles. The number of nitrogens with two attached hydrogens (primary N) is 1. The van der Waals surface area contributed by atoms with Crippen molar-refractivity contribution in [2.45, 2.75) is 13.0 Å². The summed E-state index contributed by atoms with van der Waals surface area (Å²) in [5.41, 5.74) is 8.27. The Labute approximate surface area is 185 Å². The number of nitrogens with one attached hydrogen (secondary N) is 1. The number of aromatic nitrogens is 2. The maximum absolute atomic E-state index is 6.42. The van der Waals surface area contributed by atoms with Gasteiger partial charge in [-0.1, -0.05) is 12.1 Å². The molecular formula is C22H26N6O2S. The number of ether oxygens (including phenoxy) is 2. The Morgan fingerprint density at radius 1 is 1.06 bits per heavy atom. The van der Waals surface area contributed by atoms with Gasteiger partial charge in [-0.15, -0.1) is 11.3 Å². The first-order chi connectivity index (χ1) is 15.3. The van der Waals surface area contributed by atoms with Gasteiger partial charge in [0.1, 0.15) is 12.0 Å². The van der Waals surface area contributed by atoms with Gasteiger partial charge in [0, 0.05) is 44.1 Å². The molecule has 2 aliphatic rings. The highest BCUT2D eigenvalue weighted by molar-refractivity contribution is 7.09. The van der Waals surface area contributed by atoms with Crippen LogP contribution in [0.25, 0.3) is 0 Å². The Hall–Kier alpha value is -3.04. The lowest BCUT2D eigenvalue weighted by Crippen LogP contribution is -2.46. The predicted molar refractivity (Wildman–Crippen MR) is 123 cm³/mol. The van der Waals surface area contributed by atoms with E-state index in [1.54, 1.807) is 17.7 Å². The van der Waals surface area contributed by atoms with Crippen molar-refractivity contribution in [2.24, 2.45) is 0 Å². The number of nitrogens with zero attached hydrogens (tertiary/aromatic N) is 4. The van der Waals surface area contributed by atoms with Gasteiger partial charge in [-0.05, 0) is 35.6 Å². The van der Waals surface area contributed by atoms with Gasteiger partial charge in [0.2, 0.25) is 6.79 Å². The van der Waals surface area contributed by atoms with Gasteiger partial charge in [0.15, 0.2) is 23.1 Å². The third kappa shape index (κ3) is 4.52. The third-order valence-electron chi connectivity index (χ3n) is 5.62. The van der Waals surface area contributed by atoms with E-state index in [2.05, 4.69) is 54.7 Å². The molecule has 0 bridgehead atoms. The first-order valence-corrected chi connectivity index (χ1v) is 11.4. The molecule has 1 saturated heterocycles. The quantitative estimate of drug-likeness (QED) is 0.582. The minimum Gasteiger partial charge on any atom is -0.454 e. The molecule has 162 valence electrons. The van der Waals surface area contributed by atoms with Crippen LogP contribution in [0.15, 0.2) is 42.0 Å². The minimum absolute atomic E-state index is 0.308. The SMILES string of the molecule is Nc1c(NCCc2cccs2)ncnc1N1CCN(Cc2ccc3c(c2)OCO3)CC1. The summed E-state index contributed by atoms with van der Waals surface area (Å²) in [6.07, 6.45) is 2.55. The van der Waals surface area contributed by atoms with Crippen LogP contribution in [-0.4, -0.2) is 54.4 Å². The van der Waals surface area contributed by atoms with Crippen molar-refractivity contribution in [1.82, 2.24) is 14.9 Å². The lowest BCUT2D eigenvalue weighted by Gasteiger charge is -2.36. The summed E-state index contributed by atoms with van der Waals surface area (Å²) < 4.78 is 10.9. The average molecular weight is 439 g/mol. The van der Waals surface area contributed by atoms with Gasteiger partial charge >= 0.3 is 0 Å². The fourth-order valence-corrected chi connectivity index (χ4v) is 4.66. The van der Waals surface area contributed by atoms with Crippen molar-refractivity contribution in [1.29, 1.82) is 0 Å². The van der Waals surface area contributed by atoms with Crippen LogP contribution in [0.3, 0.4) is 0 Å². The molecule has 3 aromatic rings. The van der Waals surface area contributed by atoms with Crippen LogP contribution in [0.5, 0.6) is 11.5 Å². The Bertz CT molecular complexity index is 1020. The van der Waals surface area contributed by atoms with Crippen LogP contribution >= 0.6 is 11.3 Å². The number of hydrogen-bond acceptors (Lipinski definition) is 9. The van der Waals surface area contributed by atoms with E-state index in [0.717, 1.165) is 63.0 Å². The zero-order chi connectivity index (χ0) is 21.0. The second-order valence-corrected chi connectivity index (χ2v) is 8.70. The van der Waals surface area contributed by atoms with Crippen LogP contribution in [-0.2, 0) is 13.0 Å². The Balaban J connectivity index is 1.16. The smallest absolute Gasteiger partial charge is 0.231 e. The summed E-state index contributed by atoms with van der Waals surface area (Å²) in [4.78, 5) is 14.9. The van der Waals surface area contributed by atoms with Crippen LogP contribution in [0.1, 0.15) is 10.4 Å². The standard InChI is InChI=1S/C22H26N6O2S/c23-20-21(24-6-5-17-2-1-11-31-17)25-14-26-22(20)28-9-7-27(8-10-28)13-16-3-4-18-19(12-16)30-15-29-18/h1-4,11-12,14H,5-10,13,15,23H2,(H,24,25,26). The Morgan fingerprint density at radius 2 is 1.94 bits per heavy atom.